The van der Waals surface area contributed by atoms with Crippen molar-refractivity contribution < 1.29 is 19.1 Å². The van der Waals surface area contributed by atoms with Crippen molar-refractivity contribution in [2.45, 2.75) is 173 Å². The molecule has 49 heavy (non-hydrogen) atoms. The number of aliphatic hydroxyl groups excluding tert-OH is 1. The van der Waals surface area contributed by atoms with Gasteiger partial charge in [-0.2, -0.15) is 0 Å². The topological polar surface area (TPSA) is 119 Å². The quantitative estimate of drug-likeness (QED) is 0.0806. The minimum absolute atomic E-state index is 0. The SMILES string of the molecule is C.CCCCCCCCc1ccc(C2CCC(N)(CO)C2)cc1.CCCCCCCCc1ccc(C2CCC(N)(COP(C)(=O)O)C2)cc1. The van der Waals surface area contributed by atoms with Gasteiger partial charge in [0, 0.05) is 17.7 Å². The lowest BCUT2D eigenvalue weighted by Gasteiger charge is -2.24. The summed E-state index contributed by atoms with van der Waals surface area (Å²) in [6.45, 7) is 6.00. The largest absolute Gasteiger partial charge is 0.394 e. The molecule has 0 amide bonds. The Kier molecular flexibility index (Phi) is 20.0. The fraction of sp³-hybridized carbons (Fsp3) is 0.714. The van der Waals surface area contributed by atoms with E-state index in [1.54, 1.807) is 0 Å². The molecule has 4 rings (SSSR count). The molecule has 0 heterocycles. The van der Waals surface area contributed by atoms with Gasteiger partial charge in [-0.15, -0.1) is 0 Å². The molecule has 6 nitrogen and oxygen atoms in total. The van der Waals surface area contributed by atoms with E-state index in [-0.39, 0.29) is 26.2 Å². The lowest BCUT2D eigenvalue weighted by Crippen LogP contribution is -2.41. The molecule has 2 aliphatic carbocycles. The molecule has 0 spiro atoms. The average Bonchev–Trinajstić information content (AvgIpc) is 3.68. The van der Waals surface area contributed by atoms with Crippen molar-refractivity contribution in [3.8, 4) is 0 Å². The summed E-state index contributed by atoms with van der Waals surface area (Å²) in [6, 6.07) is 18.1. The number of benzene rings is 2. The van der Waals surface area contributed by atoms with Crippen LogP contribution < -0.4 is 11.5 Å². The first-order chi connectivity index (χ1) is 23.0. The Labute approximate surface area is 300 Å². The molecule has 5 atom stereocenters. The maximum atomic E-state index is 11.3. The van der Waals surface area contributed by atoms with Crippen LogP contribution in [0.5, 0.6) is 0 Å². The number of nitrogens with two attached hydrogens (primary N) is 2. The fourth-order valence-corrected chi connectivity index (χ4v) is 8.03. The molecular formula is C42H73N2O4P. The van der Waals surface area contributed by atoms with Gasteiger partial charge >= 0.3 is 7.60 Å². The predicted octanol–water partition coefficient (Wildman–Crippen LogP) is 10.6. The van der Waals surface area contributed by atoms with Gasteiger partial charge in [0.05, 0.1) is 13.2 Å². The van der Waals surface area contributed by atoms with Crippen molar-refractivity contribution in [2.75, 3.05) is 19.9 Å². The second-order valence-electron chi connectivity index (χ2n) is 15.4. The average molecular weight is 701 g/mol. The van der Waals surface area contributed by atoms with Crippen LogP contribution in [0.25, 0.3) is 0 Å². The third-order valence-electron chi connectivity index (χ3n) is 10.7. The van der Waals surface area contributed by atoms with E-state index in [1.807, 2.05) is 0 Å². The zero-order valence-electron chi connectivity index (χ0n) is 30.6. The van der Waals surface area contributed by atoms with Crippen molar-refractivity contribution in [3.05, 3.63) is 70.8 Å². The lowest BCUT2D eigenvalue weighted by atomic mass is 9.92. The number of hydrogen-bond donors (Lipinski definition) is 4. The molecular weight excluding hydrogens is 627 g/mol. The Balaban J connectivity index is 0.000000338. The van der Waals surface area contributed by atoms with Crippen molar-refractivity contribution in [2.24, 2.45) is 11.5 Å². The third-order valence-corrected chi connectivity index (χ3v) is 11.3. The molecule has 280 valence electrons. The van der Waals surface area contributed by atoms with Gasteiger partial charge in [-0.25, -0.2) is 0 Å². The summed E-state index contributed by atoms with van der Waals surface area (Å²) in [7, 11) is -3.46. The number of hydrogen-bond acceptors (Lipinski definition) is 5. The Morgan fingerprint density at radius 2 is 1.08 bits per heavy atom. The zero-order chi connectivity index (χ0) is 34.9. The molecule has 0 saturated heterocycles. The third kappa shape index (κ3) is 16.6. The summed E-state index contributed by atoms with van der Waals surface area (Å²) >= 11 is 0. The molecule has 5 unspecified atom stereocenters. The number of unbranched alkanes of at least 4 members (excludes halogenated alkanes) is 10. The lowest BCUT2D eigenvalue weighted by molar-refractivity contribution is 0.195. The predicted molar refractivity (Wildman–Crippen MR) is 210 cm³/mol. The first-order valence-electron chi connectivity index (χ1n) is 19.3. The van der Waals surface area contributed by atoms with E-state index in [1.165, 1.54) is 112 Å². The number of rotatable bonds is 20. The number of aryl methyl sites for hydroxylation is 2. The zero-order valence-corrected chi connectivity index (χ0v) is 31.5. The van der Waals surface area contributed by atoms with Crippen LogP contribution in [0.15, 0.2) is 48.5 Å². The molecule has 2 aromatic rings. The first-order valence-corrected chi connectivity index (χ1v) is 21.3. The van der Waals surface area contributed by atoms with Crippen LogP contribution in [-0.2, 0) is 21.9 Å². The summed E-state index contributed by atoms with van der Waals surface area (Å²) in [5, 5.41) is 9.38. The van der Waals surface area contributed by atoms with Crippen LogP contribution in [0, 0.1) is 0 Å². The van der Waals surface area contributed by atoms with Gasteiger partial charge in [0.25, 0.3) is 0 Å². The highest BCUT2D eigenvalue weighted by atomic mass is 31.2. The molecule has 0 radical (unpaired) electrons. The van der Waals surface area contributed by atoms with E-state index in [2.05, 4.69) is 62.4 Å². The molecule has 2 saturated carbocycles. The van der Waals surface area contributed by atoms with E-state index in [9.17, 15) is 14.6 Å². The van der Waals surface area contributed by atoms with Gasteiger partial charge in [-0.3, -0.25) is 4.57 Å². The van der Waals surface area contributed by atoms with Crippen molar-refractivity contribution >= 4 is 7.60 Å². The Morgan fingerprint density at radius 3 is 1.47 bits per heavy atom. The second kappa shape index (κ2) is 22.4. The van der Waals surface area contributed by atoms with Crippen LogP contribution in [0.2, 0.25) is 0 Å². The molecule has 0 aliphatic heterocycles. The van der Waals surface area contributed by atoms with Crippen LogP contribution in [-0.4, -0.2) is 41.0 Å². The summed E-state index contributed by atoms with van der Waals surface area (Å²) in [6.07, 6.45) is 24.1. The molecule has 0 aromatic heterocycles. The monoisotopic (exact) mass is 701 g/mol. The normalized spacial score (nSPS) is 24.6. The number of aliphatic hydroxyl groups is 1. The molecule has 0 bridgehead atoms. The first kappa shape index (κ1) is 43.6. The van der Waals surface area contributed by atoms with Gasteiger partial charge in [-0.05, 0) is 98.3 Å². The van der Waals surface area contributed by atoms with Crippen LogP contribution in [0.4, 0.5) is 0 Å². The maximum absolute atomic E-state index is 11.3. The Hall–Kier alpha value is -1.53. The highest BCUT2D eigenvalue weighted by molar-refractivity contribution is 7.51. The fourth-order valence-electron chi connectivity index (χ4n) is 7.54. The van der Waals surface area contributed by atoms with Gasteiger partial charge in [-0.1, -0.05) is 134 Å². The van der Waals surface area contributed by atoms with E-state index in [0.29, 0.717) is 11.8 Å². The van der Waals surface area contributed by atoms with E-state index < -0.39 is 13.1 Å². The standard InChI is InChI=1S/C21H36NO3P.C20H33NO.CH4/c1-3-4-5-6-7-8-9-18-10-12-19(13-11-18)20-14-15-21(22,16-20)17-25-26(2,23)24;1-2-3-4-5-6-7-8-17-9-11-18(12-10-17)19-13-14-20(21,15-19)16-22;/h10-13,20H,3-9,14-17,22H2,1-2H3,(H,23,24);9-12,19,22H,2-8,13-16,21H2,1H3;1H4. The van der Waals surface area contributed by atoms with Crippen LogP contribution in [0.3, 0.4) is 0 Å². The summed E-state index contributed by atoms with van der Waals surface area (Å²) < 4.78 is 16.4. The van der Waals surface area contributed by atoms with Gasteiger partial charge in [0.2, 0.25) is 0 Å². The Bertz CT molecular complexity index is 1200. The molecule has 2 aliphatic rings. The smallest absolute Gasteiger partial charge is 0.325 e. The van der Waals surface area contributed by atoms with Crippen molar-refractivity contribution in [1.29, 1.82) is 0 Å². The van der Waals surface area contributed by atoms with Gasteiger partial charge < -0.3 is 26.0 Å². The highest BCUT2D eigenvalue weighted by Gasteiger charge is 2.38. The highest BCUT2D eigenvalue weighted by Crippen LogP contribution is 2.44. The van der Waals surface area contributed by atoms with Gasteiger partial charge in [0.1, 0.15) is 0 Å². The Morgan fingerprint density at radius 1 is 0.694 bits per heavy atom. The van der Waals surface area contributed by atoms with E-state index >= 15 is 0 Å². The van der Waals surface area contributed by atoms with Crippen LogP contribution in [0.1, 0.15) is 171 Å². The molecule has 2 aromatic carbocycles. The van der Waals surface area contributed by atoms with E-state index in [0.717, 1.165) is 44.9 Å². The van der Waals surface area contributed by atoms with Crippen molar-refractivity contribution in [1.82, 2.24) is 0 Å². The summed E-state index contributed by atoms with van der Waals surface area (Å²) in [5.41, 5.74) is 17.3. The second-order valence-corrected chi connectivity index (χ2v) is 17.2. The van der Waals surface area contributed by atoms with Crippen molar-refractivity contribution in [3.63, 3.8) is 0 Å². The minimum atomic E-state index is -3.46. The molecule has 7 heteroatoms. The minimum Gasteiger partial charge on any atom is -0.394 e. The van der Waals surface area contributed by atoms with E-state index in [4.69, 9.17) is 16.0 Å². The van der Waals surface area contributed by atoms with Crippen LogP contribution >= 0.6 is 7.60 Å². The van der Waals surface area contributed by atoms with Gasteiger partial charge in [0.15, 0.2) is 0 Å². The molecule has 6 N–H and O–H groups in total. The molecule has 2 fully saturated rings. The summed E-state index contributed by atoms with van der Waals surface area (Å²) in [5.74, 6) is 0.946. The maximum Gasteiger partial charge on any atom is 0.325 e. The summed E-state index contributed by atoms with van der Waals surface area (Å²) in [4.78, 5) is 9.31.